The van der Waals surface area contributed by atoms with Gasteiger partial charge in [0.15, 0.2) is 0 Å². The molecule has 0 spiro atoms. The Labute approximate surface area is 64.6 Å². The third-order valence-corrected chi connectivity index (χ3v) is 1.86. The zero-order valence-electron chi connectivity index (χ0n) is 7.35. The van der Waals surface area contributed by atoms with E-state index < -0.39 is 0 Å². The first kappa shape index (κ1) is 9.48. The van der Waals surface area contributed by atoms with Gasteiger partial charge in [-0.3, -0.25) is 0 Å². The molecule has 0 N–H and O–H groups in total. The molecule has 0 amide bonds. The summed E-state index contributed by atoms with van der Waals surface area (Å²) in [7, 11) is 0. The normalized spacial score (nSPS) is 13.2. The molecule has 0 unspecified atom stereocenters. The summed E-state index contributed by atoms with van der Waals surface area (Å²) in [6, 6.07) is 0. The van der Waals surface area contributed by atoms with Gasteiger partial charge in [0.2, 0.25) is 0 Å². The maximum Gasteiger partial charge on any atom is -0.0151 e. The van der Waals surface area contributed by atoms with Crippen LogP contribution in [0.5, 0.6) is 0 Å². The van der Waals surface area contributed by atoms with Gasteiger partial charge < -0.3 is 0 Å². The minimum absolute atomic E-state index is 0.623. The summed E-state index contributed by atoms with van der Waals surface area (Å²) in [5.74, 6) is 1.31. The van der Waals surface area contributed by atoms with E-state index >= 15 is 0 Å². The zero-order chi connectivity index (χ0) is 8.15. The second kappa shape index (κ2) is 4.32. The second-order valence-corrected chi connectivity index (χ2v) is 3.22. The Morgan fingerprint density at radius 1 is 1.50 bits per heavy atom. The summed E-state index contributed by atoms with van der Waals surface area (Å²) in [4.78, 5) is 0. The number of allylic oxidation sites excluding steroid dienone is 2. The van der Waals surface area contributed by atoms with Crippen LogP contribution in [0.1, 0.15) is 27.2 Å². The van der Waals surface area contributed by atoms with Crippen LogP contribution in [0.25, 0.3) is 0 Å². The maximum absolute atomic E-state index is 3.95. The van der Waals surface area contributed by atoms with Crippen molar-refractivity contribution in [3.8, 4) is 0 Å². The third-order valence-electron chi connectivity index (χ3n) is 1.86. The highest BCUT2D eigenvalue weighted by atomic mass is 14.2. The van der Waals surface area contributed by atoms with E-state index in [-0.39, 0.29) is 0 Å². The molecule has 0 aromatic rings. The Bertz CT molecular complexity index is 120. The third kappa shape index (κ3) is 2.86. The van der Waals surface area contributed by atoms with Gasteiger partial charge in [-0.25, -0.2) is 0 Å². The molecule has 0 bridgehead atoms. The molecule has 0 aliphatic heterocycles. The molecule has 0 saturated heterocycles. The predicted molar refractivity (Wildman–Crippen MR) is 48.0 cm³/mol. The van der Waals surface area contributed by atoms with Crippen LogP contribution in [0, 0.1) is 11.8 Å². The van der Waals surface area contributed by atoms with E-state index in [0.717, 1.165) is 6.42 Å². The average Bonchev–Trinajstić information content (AvgIpc) is 1.81. The first-order chi connectivity index (χ1) is 4.59. The van der Waals surface area contributed by atoms with E-state index in [0.29, 0.717) is 11.8 Å². The van der Waals surface area contributed by atoms with Crippen molar-refractivity contribution in [3.05, 3.63) is 24.8 Å². The summed E-state index contributed by atoms with van der Waals surface area (Å²) < 4.78 is 0. The molecule has 0 aromatic heterocycles. The fourth-order valence-corrected chi connectivity index (χ4v) is 1.22. The van der Waals surface area contributed by atoms with Crippen LogP contribution in [0.3, 0.4) is 0 Å². The van der Waals surface area contributed by atoms with Crippen LogP contribution >= 0.6 is 0 Å². The van der Waals surface area contributed by atoms with Crippen molar-refractivity contribution in [2.75, 3.05) is 0 Å². The Morgan fingerprint density at radius 2 is 2.00 bits per heavy atom. The molecule has 0 aliphatic carbocycles. The van der Waals surface area contributed by atoms with Gasteiger partial charge in [-0.15, -0.1) is 6.58 Å². The Balaban J connectivity index is 3.97. The van der Waals surface area contributed by atoms with E-state index in [1.807, 2.05) is 6.08 Å². The molecular formula is C10H18. The molecule has 0 nitrogen and oxygen atoms in total. The first-order valence-corrected chi connectivity index (χ1v) is 3.86. The SMILES string of the molecule is C=CC[C@@H](C(=C)C)C(C)C. The molecule has 1 atom stereocenters. The lowest BCUT2D eigenvalue weighted by atomic mass is 9.87. The summed E-state index contributed by atoms with van der Waals surface area (Å²) >= 11 is 0. The minimum Gasteiger partial charge on any atom is -0.103 e. The van der Waals surface area contributed by atoms with Crippen LogP contribution in [0.4, 0.5) is 0 Å². The van der Waals surface area contributed by atoms with E-state index in [1.54, 1.807) is 0 Å². The molecule has 0 heteroatoms. The Hall–Kier alpha value is -0.520. The lowest BCUT2D eigenvalue weighted by Gasteiger charge is -2.18. The van der Waals surface area contributed by atoms with Gasteiger partial charge in [-0.2, -0.15) is 0 Å². The molecule has 0 heterocycles. The number of rotatable bonds is 4. The maximum atomic E-state index is 3.95. The molecule has 58 valence electrons. The van der Waals surface area contributed by atoms with E-state index in [9.17, 15) is 0 Å². The number of hydrogen-bond donors (Lipinski definition) is 0. The topological polar surface area (TPSA) is 0 Å². The molecular weight excluding hydrogens is 120 g/mol. The van der Waals surface area contributed by atoms with Crippen molar-refractivity contribution in [3.63, 3.8) is 0 Å². The summed E-state index contributed by atoms with van der Waals surface area (Å²) in [5, 5.41) is 0. The second-order valence-electron chi connectivity index (χ2n) is 3.22. The van der Waals surface area contributed by atoms with Gasteiger partial charge in [0, 0.05) is 0 Å². The van der Waals surface area contributed by atoms with Crippen molar-refractivity contribution in [2.24, 2.45) is 11.8 Å². The predicted octanol–water partition coefficient (Wildman–Crippen LogP) is 3.41. The van der Waals surface area contributed by atoms with Crippen molar-refractivity contribution in [1.82, 2.24) is 0 Å². The first-order valence-electron chi connectivity index (χ1n) is 3.86. The van der Waals surface area contributed by atoms with Crippen molar-refractivity contribution in [1.29, 1.82) is 0 Å². The molecule has 0 aliphatic rings. The van der Waals surface area contributed by atoms with Crippen LogP contribution < -0.4 is 0 Å². The van der Waals surface area contributed by atoms with Crippen molar-refractivity contribution < 1.29 is 0 Å². The lowest BCUT2D eigenvalue weighted by molar-refractivity contribution is 0.448. The smallest absolute Gasteiger partial charge is 0.0151 e. The summed E-state index contributed by atoms with van der Waals surface area (Å²) in [5.41, 5.74) is 1.27. The highest BCUT2D eigenvalue weighted by molar-refractivity contribution is 4.99. The fraction of sp³-hybridized carbons (Fsp3) is 0.600. The van der Waals surface area contributed by atoms with E-state index in [2.05, 4.69) is 33.9 Å². The minimum atomic E-state index is 0.623. The van der Waals surface area contributed by atoms with E-state index in [4.69, 9.17) is 0 Å². The molecule has 0 rings (SSSR count). The monoisotopic (exact) mass is 138 g/mol. The molecule has 0 radical (unpaired) electrons. The molecule has 10 heavy (non-hydrogen) atoms. The Morgan fingerprint density at radius 3 is 2.10 bits per heavy atom. The Kier molecular flexibility index (Phi) is 4.10. The quantitative estimate of drug-likeness (QED) is 0.522. The summed E-state index contributed by atoms with van der Waals surface area (Å²) in [6.45, 7) is 14.2. The van der Waals surface area contributed by atoms with Crippen LogP contribution in [0.15, 0.2) is 24.8 Å². The highest BCUT2D eigenvalue weighted by Gasteiger charge is 2.10. The van der Waals surface area contributed by atoms with Gasteiger partial charge in [-0.05, 0) is 25.2 Å². The van der Waals surface area contributed by atoms with Crippen LogP contribution in [-0.4, -0.2) is 0 Å². The van der Waals surface area contributed by atoms with E-state index in [1.165, 1.54) is 5.57 Å². The fourth-order valence-electron chi connectivity index (χ4n) is 1.22. The van der Waals surface area contributed by atoms with Gasteiger partial charge in [0.1, 0.15) is 0 Å². The highest BCUT2D eigenvalue weighted by Crippen LogP contribution is 2.22. The van der Waals surface area contributed by atoms with Crippen molar-refractivity contribution in [2.45, 2.75) is 27.2 Å². The lowest BCUT2D eigenvalue weighted by Crippen LogP contribution is -2.07. The largest absolute Gasteiger partial charge is 0.103 e. The van der Waals surface area contributed by atoms with Crippen LogP contribution in [-0.2, 0) is 0 Å². The number of hydrogen-bond acceptors (Lipinski definition) is 0. The van der Waals surface area contributed by atoms with Gasteiger partial charge >= 0.3 is 0 Å². The average molecular weight is 138 g/mol. The zero-order valence-corrected chi connectivity index (χ0v) is 7.35. The van der Waals surface area contributed by atoms with Crippen molar-refractivity contribution >= 4 is 0 Å². The standard InChI is InChI=1S/C10H18/c1-6-7-10(8(2)3)9(4)5/h6,9-10H,1-2,7H2,3-5H3/t10-/m0/s1. The van der Waals surface area contributed by atoms with Gasteiger partial charge in [0.25, 0.3) is 0 Å². The van der Waals surface area contributed by atoms with Crippen LogP contribution in [0.2, 0.25) is 0 Å². The van der Waals surface area contributed by atoms with Gasteiger partial charge in [0.05, 0.1) is 0 Å². The summed E-state index contributed by atoms with van der Waals surface area (Å²) in [6.07, 6.45) is 3.03. The van der Waals surface area contributed by atoms with Gasteiger partial charge in [-0.1, -0.05) is 32.1 Å². The molecule has 0 saturated carbocycles. The molecule has 0 fully saturated rings. The molecule has 0 aromatic carbocycles.